The molecule has 0 aliphatic carbocycles. The van der Waals surface area contributed by atoms with E-state index in [1.807, 2.05) is 18.2 Å². The SMILES string of the molecule is O=S(=O)(Nc1cnn(Cc2cccc3ccccc23)c1)c1cccs1. The highest BCUT2D eigenvalue weighted by atomic mass is 32.2. The fourth-order valence-corrected chi connectivity index (χ4v) is 4.75. The molecule has 4 rings (SSSR count). The van der Waals surface area contributed by atoms with Crippen molar-refractivity contribution in [3.63, 3.8) is 0 Å². The molecule has 0 aliphatic rings. The van der Waals surface area contributed by atoms with Gasteiger partial charge in [0.25, 0.3) is 10.0 Å². The van der Waals surface area contributed by atoms with Crippen molar-refractivity contribution in [3.05, 3.63) is 77.9 Å². The lowest BCUT2D eigenvalue weighted by atomic mass is 10.0. The first-order chi connectivity index (χ1) is 12.1. The van der Waals surface area contributed by atoms with E-state index in [0.29, 0.717) is 12.2 Å². The number of thiophene rings is 1. The Hall–Kier alpha value is -2.64. The number of anilines is 1. The van der Waals surface area contributed by atoms with Gasteiger partial charge in [0.15, 0.2) is 0 Å². The van der Waals surface area contributed by atoms with Crippen molar-refractivity contribution in [2.75, 3.05) is 4.72 Å². The van der Waals surface area contributed by atoms with Crippen LogP contribution in [0.2, 0.25) is 0 Å². The third-order valence-corrected chi connectivity index (χ3v) is 6.64. The van der Waals surface area contributed by atoms with E-state index < -0.39 is 10.0 Å². The van der Waals surface area contributed by atoms with Gasteiger partial charge in [0.2, 0.25) is 0 Å². The summed E-state index contributed by atoms with van der Waals surface area (Å²) in [5.41, 5.74) is 1.59. The molecule has 7 heteroatoms. The van der Waals surface area contributed by atoms with Crippen LogP contribution in [0.3, 0.4) is 0 Å². The Bertz CT molecular complexity index is 1110. The normalized spacial score (nSPS) is 11.7. The molecule has 0 atom stereocenters. The minimum Gasteiger partial charge on any atom is -0.276 e. The van der Waals surface area contributed by atoms with E-state index in [4.69, 9.17) is 0 Å². The summed E-state index contributed by atoms with van der Waals surface area (Å²) in [7, 11) is -3.55. The average molecular weight is 369 g/mol. The molecule has 1 N–H and O–H groups in total. The molecule has 126 valence electrons. The number of aromatic nitrogens is 2. The zero-order valence-corrected chi connectivity index (χ0v) is 14.8. The molecule has 25 heavy (non-hydrogen) atoms. The number of fused-ring (bicyclic) bond motifs is 1. The molecule has 0 spiro atoms. The van der Waals surface area contributed by atoms with E-state index in [-0.39, 0.29) is 4.21 Å². The number of hydrogen-bond acceptors (Lipinski definition) is 4. The topological polar surface area (TPSA) is 64.0 Å². The minimum absolute atomic E-state index is 0.286. The first kappa shape index (κ1) is 15.9. The monoisotopic (exact) mass is 369 g/mol. The van der Waals surface area contributed by atoms with E-state index in [1.165, 1.54) is 28.3 Å². The second kappa shape index (κ2) is 6.34. The minimum atomic E-state index is -3.55. The van der Waals surface area contributed by atoms with E-state index in [9.17, 15) is 8.42 Å². The van der Waals surface area contributed by atoms with Gasteiger partial charge in [0, 0.05) is 6.20 Å². The summed E-state index contributed by atoms with van der Waals surface area (Å²) < 4.78 is 29.1. The van der Waals surface area contributed by atoms with Crippen LogP contribution >= 0.6 is 11.3 Å². The molecule has 0 fully saturated rings. The first-order valence-electron chi connectivity index (χ1n) is 7.67. The maximum absolute atomic E-state index is 12.3. The molecule has 2 aromatic heterocycles. The van der Waals surface area contributed by atoms with Gasteiger partial charge < -0.3 is 0 Å². The lowest BCUT2D eigenvalue weighted by molar-refractivity contribution is 0.603. The highest BCUT2D eigenvalue weighted by molar-refractivity contribution is 7.94. The molecule has 0 saturated carbocycles. The van der Waals surface area contributed by atoms with Gasteiger partial charge in [-0.05, 0) is 27.8 Å². The van der Waals surface area contributed by atoms with Gasteiger partial charge in [-0.2, -0.15) is 5.10 Å². The number of rotatable bonds is 5. The molecule has 4 aromatic rings. The number of benzene rings is 2. The molecule has 0 saturated heterocycles. The summed E-state index contributed by atoms with van der Waals surface area (Å²) in [6.45, 7) is 0.572. The zero-order valence-electron chi connectivity index (χ0n) is 13.2. The van der Waals surface area contributed by atoms with Crippen molar-refractivity contribution >= 4 is 37.8 Å². The van der Waals surface area contributed by atoms with Crippen LogP contribution in [0, 0.1) is 0 Å². The van der Waals surface area contributed by atoms with Crippen molar-refractivity contribution < 1.29 is 8.42 Å². The summed E-state index contributed by atoms with van der Waals surface area (Å²) in [5, 5.41) is 8.35. The summed E-state index contributed by atoms with van der Waals surface area (Å²) in [6.07, 6.45) is 3.23. The fraction of sp³-hybridized carbons (Fsp3) is 0.0556. The predicted molar refractivity (Wildman–Crippen MR) is 100 cm³/mol. The molecular weight excluding hydrogens is 354 g/mol. The van der Waals surface area contributed by atoms with Crippen LogP contribution in [-0.2, 0) is 16.6 Å². The Morgan fingerprint density at radius 3 is 2.72 bits per heavy atom. The molecular formula is C18H15N3O2S2. The maximum atomic E-state index is 12.3. The van der Waals surface area contributed by atoms with E-state index in [1.54, 1.807) is 28.4 Å². The number of sulfonamides is 1. The lowest BCUT2D eigenvalue weighted by Gasteiger charge is -2.07. The van der Waals surface area contributed by atoms with Gasteiger partial charge in [0.05, 0.1) is 18.4 Å². The summed E-state index contributed by atoms with van der Waals surface area (Å²) in [4.78, 5) is 0. The third-order valence-electron chi connectivity index (χ3n) is 3.86. The summed E-state index contributed by atoms with van der Waals surface area (Å²) in [5.74, 6) is 0. The van der Waals surface area contributed by atoms with Gasteiger partial charge in [-0.15, -0.1) is 11.3 Å². The van der Waals surface area contributed by atoms with Crippen LogP contribution in [0.5, 0.6) is 0 Å². The Labute approximate surface area is 149 Å². The first-order valence-corrected chi connectivity index (χ1v) is 10.0. The molecule has 0 amide bonds. The number of hydrogen-bond donors (Lipinski definition) is 1. The maximum Gasteiger partial charge on any atom is 0.271 e. The second-order valence-electron chi connectivity index (χ2n) is 5.60. The van der Waals surface area contributed by atoms with Crippen molar-refractivity contribution in [3.8, 4) is 0 Å². The average Bonchev–Trinajstić information content (AvgIpc) is 3.27. The van der Waals surface area contributed by atoms with Crippen molar-refractivity contribution in [1.29, 1.82) is 0 Å². The Kier molecular flexibility index (Phi) is 4.03. The van der Waals surface area contributed by atoms with Gasteiger partial charge in [-0.3, -0.25) is 9.40 Å². The third kappa shape index (κ3) is 3.29. The molecule has 0 bridgehead atoms. The van der Waals surface area contributed by atoms with Crippen LogP contribution in [0.25, 0.3) is 10.8 Å². The standard InChI is InChI=1S/C18H15N3O2S2/c22-25(23,18-9-4-10-24-18)20-16-11-19-21(13-16)12-15-7-3-6-14-5-1-2-8-17(14)15/h1-11,13,20H,12H2. The highest BCUT2D eigenvalue weighted by Gasteiger charge is 2.16. The molecule has 2 aromatic carbocycles. The Balaban J connectivity index is 1.57. The van der Waals surface area contributed by atoms with Crippen LogP contribution < -0.4 is 4.72 Å². The van der Waals surface area contributed by atoms with Crippen LogP contribution in [0.4, 0.5) is 5.69 Å². The highest BCUT2D eigenvalue weighted by Crippen LogP contribution is 2.22. The van der Waals surface area contributed by atoms with E-state index >= 15 is 0 Å². The number of nitrogens with one attached hydrogen (secondary N) is 1. The predicted octanol–water partition coefficient (Wildman–Crippen LogP) is 3.95. The van der Waals surface area contributed by atoms with Gasteiger partial charge >= 0.3 is 0 Å². The summed E-state index contributed by atoms with van der Waals surface area (Å²) >= 11 is 1.18. The lowest BCUT2D eigenvalue weighted by Crippen LogP contribution is -2.10. The van der Waals surface area contributed by atoms with E-state index in [2.05, 4.69) is 34.1 Å². The molecule has 2 heterocycles. The second-order valence-corrected chi connectivity index (χ2v) is 8.46. The zero-order chi connectivity index (χ0) is 17.3. The Morgan fingerprint density at radius 1 is 1.04 bits per heavy atom. The molecule has 0 unspecified atom stereocenters. The van der Waals surface area contributed by atoms with E-state index in [0.717, 1.165) is 5.56 Å². The summed E-state index contributed by atoms with van der Waals surface area (Å²) in [6, 6.07) is 17.6. The van der Waals surface area contributed by atoms with Gasteiger partial charge in [-0.1, -0.05) is 48.5 Å². The Morgan fingerprint density at radius 2 is 1.88 bits per heavy atom. The van der Waals surface area contributed by atoms with Crippen molar-refractivity contribution in [2.24, 2.45) is 0 Å². The largest absolute Gasteiger partial charge is 0.276 e. The van der Waals surface area contributed by atoms with Crippen LogP contribution in [0.15, 0.2) is 76.6 Å². The van der Waals surface area contributed by atoms with Crippen LogP contribution in [0.1, 0.15) is 5.56 Å². The quantitative estimate of drug-likeness (QED) is 0.579. The fourth-order valence-electron chi connectivity index (χ4n) is 2.73. The molecule has 0 radical (unpaired) electrons. The smallest absolute Gasteiger partial charge is 0.271 e. The molecule has 0 aliphatic heterocycles. The van der Waals surface area contributed by atoms with Gasteiger partial charge in [-0.25, -0.2) is 8.42 Å². The molecule has 5 nitrogen and oxygen atoms in total. The number of nitrogens with zero attached hydrogens (tertiary/aromatic N) is 2. The van der Waals surface area contributed by atoms with Crippen molar-refractivity contribution in [2.45, 2.75) is 10.8 Å². The van der Waals surface area contributed by atoms with Gasteiger partial charge in [0.1, 0.15) is 4.21 Å². The van der Waals surface area contributed by atoms with Crippen molar-refractivity contribution in [1.82, 2.24) is 9.78 Å². The van der Waals surface area contributed by atoms with Crippen LogP contribution in [-0.4, -0.2) is 18.2 Å².